The molecule has 3 rings (SSSR count). The predicted molar refractivity (Wildman–Crippen MR) is 108 cm³/mol. The summed E-state index contributed by atoms with van der Waals surface area (Å²) in [5.41, 5.74) is 3.47. The maximum absolute atomic E-state index is 12.9. The van der Waals surface area contributed by atoms with E-state index in [1.54, 1.807) is 7.11 Å². The number of esters is 1. The Morgan fingerprint density at radius 1 is 1.11 bits per heavy atom. The highest BCUT2D eigenvalue weighted by atomic mass is 16.5. The van der Waals surface area contributed by atoms with E-state index < -0.39 is 0 Å². The molecule has 142 valence electrons. The molecule has 0 atom stereocenters. The molecule has 0 radical (unpaired) electrons. The zero-order chi connectivity index (χ0) is 19.4. The molecule has 1 aromatic heterocycles. The van der Waals surface area contributed by atoms with Crippen LogP contribution in [-0.2, 0) is 11.3 Å². The second-order valence-electron chi connectivity index (χ2n) is 6.65. The van der Waals surface area contributed by atoms with Crippen LogP contribution in [-0.4, -0.2) is 49.8 Å². The van der Waals surface area contributed by atoms with Crippen LogP contribution < -0.4 is 4.74 Å². The molecule has 0 N–H and O–H groups in total. The monoisotopic (exact) mass is 366 g/mol. The van der Waals surface area contributed by atoms with Crippen LogP contribution in [0.2, 0.25) is 0 Å². The van der Waals surface area contributed by atoms with Crippen LogP contribution >= 0.6 is 0 Å². The Labute approximate surface area is 160 Å². The van der Waals surface area contributed by atoms with Crippen molar-refractivity contribution >= 4 is 16.9 Å². The van der Waals surface area contributed by atoms with Gasteiger partial charge in [0.1, 0.15) is 11.4 Å². The summed E-state index contributed by atoms with van der Waals surface area (Å²) in [5.74, 6) is 0.463. The summed E-state index contributed by atoms with van der Waals surface area (Å²) in [6.45, 7) is 3.68. The van der Waals surface area contributed by atoms with Crippen LogP contribution in [0.4, 0.5) is 0 Å². The number of carbonyl (C=O) groups is 1. The zero-order valence-corrected chi connectivity index (χ0v) is 16.4. The van der Waals surface area contributed by atoms with Gasteiger partial charge in [0, 0.05) is 29.6 Å². The maximum atomic E-state index is 12.9. The quantitative estimate of drug-likeness (QED) is 0.592. The average molecular weight is 366 g/mol. The normalized spacial score (nSPS) is 11.1. The molecule has 0 fully saturated rings. The lowest BCUT2D eigenvalue weighted by atomic mass is 10.0. The fourth-order valence-corrected chi connectivity index (χ4v) is 3.30. The molecule has 0 saturated carbocycles. The minimum atomic E-state index is -0.301. The first-order valence-electron chi connectivity index (χ1n) is 9.14. The van der Waals surface area contributed by atoms with E-state index in [1.165, 1.54) is 0 Å². The van der Waals surface area contributed by atoms with Crippen molar-refractivity contribution in [2.24, 2.45) is 0 Å². The van der Waals surface area contributed by atoms with Crippen molar-refractivity contribution in [3.8, 4) is 16.9 Å². The van der Waals surface area contributed by atoms with E-state index in [2.05, 4.69) is 9.47 Å². The molecule has 0 spiro atoms. The van der Waals surface area contributed by atoms with Gasteiger partial charge >= 0.3 is 5.97 Å². The Kier molecular flexibility index (Phi) is 5.81. The smallest absolute Gasteiger partial charge is 0.355 e. The largest absolute Gasteiger partial charge is 0.497 e. The fourth-order valence-electron chi connectivity index (χ4n) is 3.30. The third kappa shape index (κ3) is 3.83. The van der Waals surface area contributed by atoms with Crippen molar-refractivity contribution in [3.05, 3.63) is 54.2 Å². The number of benzene rings is 2. The van der Waals surface area contributed by atoms with E-state index in [0.717, 1.165) is 34.3 Å². The van der Waals surface area contributed by atoms with Crippen LogP contribution in [0.3, 0.4) is 0 Å². The summed E-state index contributed by atoms with van der Waals surface area (Å²) in [6.07, 6.45) is 0. The topological polar surface area (TPSA) is 43.7 Å². The van der Waals surface area contributed by atoms with Gasteiger partial charge < -0.3 is 18.9 Å². The minimum absolute atomic E-state index is 0.301. The maximum Gasteiger partial charge on any atom is 0.355 e. The standard InChI is InChI=1S/C22H26N2O3/c1-5-27-22(25)21-20(16-9-7-6-8-10-16)18-15-17(26-4)11-12-19(18)24(21)14-13-23(2)3/h6-12,15H,5,13-14H2,1-4H3. The second kappa shape index (κ2) is 8.27. The molecule has 0 aliphatic rings. The molecular formula is C22H26N2O3. The van der Waals surface area contributed by atoms with E-state index >= 15 is 0 Å². The molecule has 27 heavy (non-hydrogen) atoms. The van der Waals surface area contributed by atoms with Gasteiger partial charge in [-0.2, -0.15) is 0 Å². The molecule has 0 amide bonds. The number of methoxy groups -OCH3 is 1. The van der Waals surface area contributed by atoms with Crippen molar-refractivity contribution in [1.29, 1.82) is 0 Å². The van der Waals surface area contributed by atoms with Gasteiger partial charge in [-0.15, -0.1) is 0 Å². The van der Waals surface area contributed by atoms with E-state index in [0.29, 0.717) is 18.8 Å². The number of aromatic nitrogens is 1. The minimum Gasteiger partial charge on any atom is -0.497 e. The lowest BCUT2D eigenvalue weighted by Crippen LogP contribution is -2.21. The Morgan fingerprint density at radius 2 is 1.85 bits per heavy atom. The van der Waals surface area contributed by atoms with Crippen molar-refractivity contribution in [1.82, 2.24) is 9.47 Å². The number of hydrogen-bond donors (Lipinski definition) is 0. The molecule has 0 saturated heterocycles. The number of nitrogens with zero attached hydrogens (tertiary/aromatic N) is 2. The van der Waals surface area contributed by atoms with E-state index in [-0.39, 0.29) is 5.97 Å². The fraction of sp³-hybridized carbons (Fsp3) is 0.318. The molecule has 0 unspecified atom stereocenters. The van der Waals surface area contributed by atoms with Crippen molar-refractivity contribution in [2.75, 3.05) is 34.4 Å². The number of rotatable bonds is 7. The predicted octanol–water partition coefficient (Wildman–Crippen LogP) is 4.06. The average Bonchev–Trinajstić information content (AvgIpc) is 3.00. The Bertz CT molecular complexity index is 930. The van der Waals surface area contributed by atoms with E-state index in [4.69, 9.17) is 9.47 Å². The summed E-state index contributed by atoms with van der Waals surface area (Å²) in [5, 5.41) is 0.988. The molecule has 5 nitrogen and oxygen atoms in total. The van der Waals surface area contributed by atoms with Gasteiger partial charge in [0.15, 0.2) is 0 Å². The first-order valence-corrected chi connectivity index (χ1v) is 9.14. The highest BCUT2D eigenvalue weighted by Gasteiger charge is 2.25. The van der Waals surface area contributed by atoms with Gasteiger partial charge in [-0.05, 0) is 44.8 Å². The molecule has 1 heterocycles. The van der Waals surface area contributed by atoms with Crippen LogP contribution in [0.25, 0.3) is 22.0 Å². The summed E-state index contributed by atoms with van der Waals surface area (Å²) in [6, 6.07) is 15.9. The third-order valence-electron chi connectivity index (χ3n) is 4.57. The summed E-state index contributed by atoms with van der Waals surface area (Å²) < 4.78 is 12.9. The van der Waals surface area contributed by atoms with Crippen LogP contribution in [0.15, 0.2) is 48.5 Å². The van der Waals surface area contributed by atoms with E-state index in [1.807, 2.05) is 69.6 Å². The van der Waals surface area contributed by atoms with Gasteiger partial charge in [-0.25, -0.2) is 4.79 Å². The molecule has 0 aliphatic heterocycles. The number of likely N-dealkylation sites (N-methyl/N-ethyl adjacent to an activating group) is 1. The molecule has 3 aromatic rings. The number of carbonyl (C=O) groups excluding carboxylic acids is 1. The summed E-state index contributed by atoms with van der Waals surface area (Å²) in [4.78, 5) is 15.0. The molecule has 2 aromatic carbocycles. The number of hydrogen-bond acceptors (Lipinski definition) is 4. The van der Waals surface area contributed by atoms with Crippen molar-refractivity contribution < 1.29 is 14.3 Å². The third-order valence-corrected chi connectivity index (χ3v) is 4.57. The van der Waals surface area contributed by atoms with Gasteiger partial charge in [-0.3, -0.25) is 0 Å². The van der Waals surface area contributed by atoms with Gasteiger partial charge in [-0.1, -0.05) is 30.3 Å². The number of fused-ring (bicyclic) bond motifs is 1. The second-order valence-corrected chi connectivity index (χ2v) is 6.65. The molecular weight excluding hydrogens is 340 g/mol. The molecule has 5 heteroatoms. The number of ether oxygens (including phenoxy) is 2. The Morgan fingerprint density at radius 3 is 2.48 bits per heavy atom. The van der Waals surface area contributed by atoms with Crippen molar-refractivity contribution in [3.63, 3.8) is 0 Å². The summed E-state index contributed by atoms with van der Waals surface area (Å²) in [7, 11) is 5.70. The molecule has 0 bridgehead atoms. The highest BCUT2D eigenvalue weighted by molar-refractivity contribution is 6.09. The Balaban J connectivity index is 2.33. The van der Waals surface area contributed by atoms with Crippen LogP contribution in [0, 0.1) is 0 Å². The SMILES string of the molecule is CCOC(=O)c1c(-c2ccccc2)c2cc(OC)ccc2n1CCN(C)C. The van der Waals surface area contributed by atoms with E-state index in [9.17, 15) is 4.79 Å². The van der Waals surface area contributed by atoms with Gasteiger partial charge in [0.25, 0.3) is 0 Å². The van der Waals surface area contributed by atoms with Crippen LogP contribution in [0.5, 0.6) is 5.75 Å². The van der Waals surface area contributed by atoms with Gasteiger partial charge in [0.2, 0.25) is 0 Å². The van der Waals surface area contributed by atoms with Crippen molar-refractivity contribution in [2.45, 2.75) is 13.5 Å². The first-order chi connectivity index (χ1) is 13.1. The molecule has 0 aliphatic carbocycles. The lowest BCUT2D eigenvalue weighted by molar-refractivity contribution is 0.0515. The zero-order valence-electron chi connectivity index (χ0n) is 16.4. The first kappa shape index (κ1) is 19.0. The Hall–Kier alpha value is -2.79. The summed E-state index contributed by atoms with van der Waals surface area (Å²) >= 11 is 0. The van der Waals surface area contributed by atoms with Crippen LogP contribution in [0.1, 0.15) is 17.4 Å². The highest BCUT2D eigenvalue weighted by Crippen LogP contribution is 2.37. The van der Waals surface area contributed by atoms with Gasteiger partial charge in [0.05, 0.1) is 13.7 Å². The lowest BCUT2D eigenvalue weighted by Gasteiger charge is -2.14.